The molecule has 1 fully saturated rings. The first-order valence-electron chi connectivity index (χ1n) is 9.05. The van der Waals surface area contributed by atoms with Gasteiger partial charge in [-0.3, -0.25) is 9.59 Å². The van der Waals surface area contributed by atoms with Crippen molar-refractivity contribution < 1.29 is 23.5 Å². The van der Waals surface area contributed by atoms with Crippen LogP contribution in [0.25, 0.3) is 0 Å². The van der Waals surface area contributed by atoms with Gasteiger partial charge in [-0.1, -0.05) is 0 Å². The summed E-state index contributed by atoms with van der Waals surface area (Å²) in [5.74, 6) is 1.85. The van der Waals surface area contributed by atoms with Gasteiger partial charge in [0.2, 0.25) is 5.91 Å². The number of hydrogen-bond acceptors (Lipinski definition) is 5. The molecule has 0 radical (unpaired) electrons. The first-order chi connectivity index (χ1) is 13.2. The van der Waals surface area contributed by atoms with Crippen molar-refractivity contribution in [3.05, 3.63) is 48.4 Å². The van der Waals surface area contributed by atoms with E-state index in [2.05, 4.69) is 0 Å². The van der Waals surface area contributed by atoms with Crippen LogP contribution in [0.1, 0.15) is 23.4 Å². The van der Waals surface area contributed by atoms with Gasteiger partial charge >= 0.3 is 0 Å². The van der Waals surface area contributed by atoms with Crippen LogP contribution in [-0.4, -0.2) is 61.5 Å². The van der Waals surface area contributed by atoms with Crippen LogP contribution in [-0.2, 0) is 4.79 Å². The number of ether oxygens (including phenoxy) is 2. The molecule has 3 rings (SSSR count). The summed E-state index contributed by atoms with van der Waals surface area (Å²) in [5, 5.41) is 0. The zero-order chi connectivity index (χ0) is 19.1. The fourth-order valence-electron chi connectivity index (χ4n) is 2.96. The van der Waals surface area contributed by atoms with E-state index in [4.69, 9.17) is 13.9 Å². The summed E-state index contributed by atoms with van der Waals surface area (Å²) in [5.41, 5.74) is 0. The molecule has 144 valence electrons. The summed E-state index contributed by atoms with van der Waals surface area (Å²) in [6.45, 7) is 2.62. The van der Waals surface area contributed by atoms with Gasteiger partial charge in [0.25, 0.3) is 5.91 Å². The maximum atomic E-state index is 12.3. The molecule has 0 N–H and O–H groups in total. The predicted octanol–water partition coefficient (Wildman–Crippen LogP) is 2.43. The molecule has 1 aromatic carbocycles. The quantitative estimate of drug-likeness (QED) is 0.698. The molecule has 2 aromatic rings. The molecule has 0 saturated carbocycles. The molecule has 0 unspecified atom stereocenters. The Kier molecular flexibility index (Phi) is 6.35. The van der Waals surface area contributed by atoms with E-state index in [-0.39, 0.29) is 11.8 Å². The first-order valence-corrected chi connectivity index (χ1v) is 9.05. The zero-order valence-electron chi connectivity index (χ0n) is 15.4. The molecule has 1 aliphatic heterocycles. The molecule has 2 amide bonds. The van der Waals surface area contributed by atoms with Crippen LogP contribution in [0.5, 0.6) is 11.5 Å². The van der Waals surface area contributed by atoms with Gasteiger partial charge in [-0.25, -0.2) is 0 Å². The van der Waals surface area contributed by atoms with Crippen molar-refractivity contribution >= 4 is 11.8 Å². The summed E-state index contributed by atoms with van der Waals surface area (Å²) >= 11 is 0. The van der Waals surface area contributed by atoms with Gasteiger partial charge in [-0.15, -0.1) is 0 Å². The van der Waals surface area contributed by atoms with E-state index < -0.39 is 0 Å². The monoisotopic (exact) mass is 372 g/mol. The number of nitrogens with zero attached hydrogens (tertiary/aromatic N) is 2. The topological polar surface area (TPSA) is 72.2 Å². The Balaban J connectivity index is 1.35. The first kappa shape index (κ1) is 18.8. The molecule has 7 nitrogen and oxygen atoms in total. The Labute approximate surface area is 158 Å². The van der Waals surface area contributed by atoms with Crippen LogP contribution in [0.4, 0.5) is 0 Å². The van der Waals surface area contributed by atoms with Crippen LogP contribution >= 0.6 is 0 Å². The van der Waals surface area contributed by atoms with E-state index >= 15 is 0 Å². The van der Waals surface area contributed by atoms with Crippen molar-refractivity contribution in [1.82, 2.24) is 9.80 Å². The summed E-state index contributed by atoms with van der Waals surface area (Å²) in [6, 6.07) is 10.7. The van der Waals surface area contributed by atoms with E-state index in [1.165, 1.54) is 6.26 Å². The largest absolute Gasteiger partial charge is 0.497 e. The maximum absolute atomic E-state index is 12.3. The van der Waals surface area contributed by atoms with Gasteiger partial charge < -0.3 is 23.7 Å². The number of amides is 2. The Bertz CT molecular complexity index is 734. The lowest BCUT2D eigenvalue weighted by Gasteiger charge is -2.34. The minimum absolute atomic E-state index is 0.0958. The van der Waals surface area contributed by atoms with Crippen molar-refractivity contribution in [2.75, 3.05) is 39.9 Å². The van der Waals surface area contributed by atoms with E-state index in [0.29, 0.717) is 51.4 Å². The van der Waals surface area contributed by atoms with E-state index in [9.17, 15) is 9.59 Å². The second kappa shape index (κ2) is 9.12. The normalized spacial score (nSPS) is 14.1. The highest BCUT2D eigenvalue weighted by atomic mass is 16.5. The average molecular weight is 372 g/mol. The third kappa shape index (κ3) is 5.03. The number of carbonyl (C=O) groups is 2. The number of piperazine rings is 1. The Hall–Kier alpha value is -2.96. The number of carbonyl (C=O) groups excluding carboxylic acids is 2. The Morgan fingerprint density at radius 2 is 1.67 bits per heavy atom. The molecule has 0 bridgehead atoms. The predicted molar refractivity (Wildman–Crippen MR) is 98.9 cm³/mol. The van der Waals surface area contributed by atoms with Crippen LogP contribution < -0.4 is 9.47 Å². The third-order valence-corrected chi connectivity index (χ3v) is 4.51. The van der Waals surface area contributed by atoms with Gasteiger partial charge in [0.15, 0.2) is 5.76 Å². The molecule has 0 spiro atoms. The van der Waals surface area contributed by atoms with Gasteiger partial charge in [0.1, 0.15) is 11.5 Å². The molecular formula is C20H24N2O5. The lowest BCUT2D eigenvalue weighted by molar-refractivity contribution is -0.132. The van der Waals surface area contributed by atoms with Gasteiger partial charge in [0, 0.05) is 32.6 Å². The van der Waals surface area contributed by atoms with Crippen LogP contribution in [0.3, 0.4) is 0 Å². The highest BCUT2D eigenvalue weighted by Gasteiger charge is 2.25. The van der Waals surface area contributed by atoms with E-state index in [0.717, 1.165) is 11.5 Å². The molecule has 2 heterocycles. The van der Waals surface area contributed by atoms with Crippen molar-refractivity contribution in [3.8, 4) is 11.5 Å². The summed E-state index contributed by atoms with van der Waals surface area (Å²) in [6.07, 6.45) is 2.57. The SMILES string of the molecule is COc1ccc(OCCCC(=O)N2CCN(C(=O)c3ccco3)CC2)cc1. The fraction of sp³-hybridized carbons (Fsp3) is 0.400. The standard InChI is InChI=1S/C20H24N2O5/c1-25-16-6-8-17(9-7-16)26-14-3-5-19(23)21-10-12-22(13-11-21)20(24)18-4-2-15-27-18/h2,4,6-9,15H,3,5,10-14H2,1H3. The maximum Gasteiger partial charge on any atom is 0.289 e. The Morgan fingerprint density at radius 3 is 2.30 bits per heavy atom. The van der Waals surface area contributed by atoms with Gasteiger partial charge in [-0.05, 0) is 42.8 Å². The molecule has 1 aliphatic rings. The smallest absolute Gasteiger partial charge is 0.289 e. The number of hydrogen-bond donors (Lipinski definition) is 0. The number of methoxy groups -OCH3 is 1. The highest BCUT2D eigenvalue weighted by molar-refractivity contribution is 5.91. The third-order valence-electron chi connectivity index (χ3n) is 4.51. The number of rotatable bonds is 7. The van der Waals surface area contributed by atoms with Crippen molar-refractivity contribution in [1.29, 1.82) is 0 Å². The van der Waals surface area contributed by atoms with E-state index in [1.54, 1.807) is 29.0 Å². The van der Waals surface area contributed by atoms with Crippen LogP contribution in [0, 0.1) is 0 Å². The van der Waals surface area contributed by atoms with Crippen molar-refractivity contribution in [2.24, 2.45) is 0 Å². The number of furan rings is 1. The molecule has 1 saturated heterocycles. The van der Waals surface area contributed by atoms with Crippen molar-refractivity contribution in [3.63, 3.8) is 0 Å². The lowest BCUT2D eigenvalue weighted by Crippen LogP contribution is -2.50. The second-order valence-electron chi connectivity index (χ2n) is 6.28. The summed E-state index contributed by atoms with van der Waals surface area (Å²) in [7, 11) is 1.62. The minimum atomic E-state index is -0.125. The summed E-state index contributed by atoms with van der Waals surface area (Å²) in [4.78, 5) is 28.1. The van der Waals surface area contributed by atoms with Gasteiger partial charge in [-0.2, -0.15) is 0 Å². The Morgan fingerprint density at radius 1 is 1.00 bits per heavy atom. The second-order valence-corrected chi connectivity index (χ2v) is 6.28. The number of benzene rings is 1. The zero-order valence-corrected chi connectivity index (χ0v) is 15.4. The molecule has 27 heavy (non-hydrogen) atoms. The molecule has 0 aliphatic carbocycles. The van der Waals surface area contributed by atoms with Crippen molar-refractivity contribution in [2.45, 2.75) is 12.8 Å². The van der Waals surface area contributed by atoms with Crippen LogP contribution in [0.2, 0.25) is 0 Å². The van der Waals surface area contributed by atoms with Crippen LogP contribution in [0.15, 0.2) is 47.1 Å². The van der Waals surface area contributed by atoms with E-state index in [1.807, 2.05) is 24.3 Å². The minimum Gasteiger partial charge on any atom is -0.497 e. The lowest BCUT2D eigenvalue weighted by atomic mass is 10.2. The molecule has 0 atom stereocenters. The molecule has 1 aromatic heterocycles. The molecule has 7 heteroatoms. The average Bonchev–Trinajstić information content (AvgIpc) is 3.26. The highest BCUT2D eigenvalue weighted by Crippen LogP contribution is 2.17. The molecular weight excluding hydrogens is 348 g/mol. The summed E-state index contributed by atoms with van der Waals surface area (Å²) < 4.78 is 15.9. The fourth-order valence-corrected chi connectivity index (χ4v) is 2.96. The van der Waals surface area contributed by atoms with Gasteiger partial charge in [0.05, 0.1) is 20.0 Å².